The molecular formula is C14H16N4O4S. The topological polar surface area (TPSA) is 96.8 Å². The van der Waals surface area contributed by atoms with E-state index in [9.17, 15) is 9.90 Å². The summed E-state index contributed by atoms with van der Waals surface area (Å²) in [5.74, 6) is 1.19. The van der Waals surface area contributed by atoms with Gasteiger partial charge in [0.2, 0.25) is 5.13 Å². The van der Waals surface area contributed by atoms with E-state index in [1.165, 1.54) is 21.7 Å². The van der Waals surface area contributed by atoms with Gasteiger partial charge in [-0.2, -0.15) is 0 Å². The van der Waals surface area contributed by atoms with E-state index in [4.69, 9.17) is 9.47 Å². The first-order chi connectivity index (χ1) is 11.1. The molecule has 0 spiro atoms. The molecule has 2 amide bonds. The maximum Gasteiger partial charge on any atom is 0.324 e. The summed E-state index contributed by atoms with van der Waals surface area (Å²) in [6.45, 7) is 0.457. The zero-order valence-electron chi connectivity index (χ0n) is 12.6. The fraction of sp³-hybridized carbons (Fsp3) is 0.357. The van der Waals surface area contributed by atoms with Crippen LogP contribution in [0.3, 0.4) is 0 Å². The van der Waals surface area contributed by atoms with Crippen molar-refractivity contribution in [2.45, 2.75) is 12.6 Å². The highest BCUT2D eigenvalue weighted by Crippen LogP contribution is 2.39. The van der Waals surface area contributed by atoms with E-state index in [0.29, 0.717) is 28.7 Å². The van der Waals surface area contributed by atoms with E-state index in [1.54, 1.807) is 26.4 Å². The van der Waals surface area contributed by atoms with Crippen molar-refractivity contribution in [3.8, 4) is 11.5 Å². The number of fused-ring (bicyclic) bond motifs is 1. The van der Waals surface area contributed by atoms with Crippen LogP contribution in [-0.4, -0.2) is 47.0 Å². The van der Waals surface area contributed by atoms with E-state index in [2.05, 4.69) is 15.5 Å². The van der Waals surface area contributed by atoms with Crippen molar-refractivity contribution in [1.82, 2.24) is 15.1 Å². The molecule has 1 aliphatic rings. The number of hydrogen-bond acceptors (Lipinski definition) is 7. The molecule has 1 aliphatic heterocycles. The summed E-state index contributed by atoms with van der Waals surface area (Å²) in [6.07, 6.45) is -0.857. The number of aliphatic hydroxyl groups excluding tert-OH is 1. The standard InChI is InChI=1S/C14H16N4O4S/c1-21-10-3-4-11(22-2)12-8(10)5-18(6-9(12)19)14(20)16-13-17-15-7-23-13/h3-4,7,9,19H,5-6H2,1-2H3,(H,16,17,20)/t9-/m0/s1. The molecule has 23 heavy (non-hydrogen) atoms. The lowest BCUT2D eigenvalue weighted by Crippen LogP contribution is -2.41. The predicted octanol–water partition coefficient (Wildman–Crippen LogP) is 1.64. The minimum absolute atomic E-state index is 0.154. The predicted molar refractivity (Wildman–Crippen MR) is 83.8 cm³/mol. The Balaban J connectivity index is 1.88. The number of carbonyl (C=O) groups is 1. The number of nitrogens with zero attached hydrogens (tertiary/aromatic N) is 3. The van der Waals surface area contributed by atoms with Crippen molar-refractivity contribution < 1.29 is 19.4 Å². The SMILES string of the molecule is COc1ccc(OC)c2c1CN(C(=O)Nc1nncs1)C[C@@H]2O. The van der Waals surface area contributed by atoms with Crippen LogP contribution in [-0.2, 0) is 6.54 Å². The molecule has 8 nitrogen and oxygen atoms in total. The van der Waals surface area contributed by atoms with Gasteiger partial charge in [-0.1, -0.05) is 11.3 Å². The Hall–Kier alpha value is -2.39. The zero-order valence-corrected chi connectivity index (χ0v) is 13.5. The zero-order chi connectivity index (χ0) is 16.4. The number of hydrogen-bond donors (Lipinski definition) is 2. The number of amides is 2. The second kappa shape index (κ2) is 6.39. The van der Waals surface area contributed by atoms with Gasteiger partial charge in [0.25, 0.3) is 0 Å². The van der Waals surface area contributed by atoms with Crippen molar-refractivity contribution in [1.29, 1.82) is 0 Å². The Bertz CT molecular complexity index is 707. The van der Waals surface area contributed by atoms with Crippen LogP contribution >= 0.6 is 11.3 Å². The highest BCUT2D eigenvalue weighted by atomic mass is 32.1. The van der Waals surface area contributed by atoms with Crippen molar-refractivity contribution in [2.24, 2.45) is 0 Å². The molecule has 1 aromatic carbocycles. The van der Waals surface area contributed by atoms with Crippen LogP contribution < -0.4 is 14.8 Å². The maximum atomic E-state index is 12.3. The summed E-state index contributed by atoms with van der Waals surface area (Å²) >= 11 is 1.23. The Morgan fingerprint density at radius 3 is 2.78 bits per heavy atom. The van der Waals surface area contributed by atoms with Gasteiger partial charge in [-0.05, 0) is 12.1 Å². The van der Waals surface area contributed by atoms with E-state index in [1.807, 2.05) is 0 Å². The van der Waals surface area contributed by atoms with Crippen molar-refractivity contribution >= 4 is 22.5 Å². The van der Waals surface area contributed by atoms with Crippen LogP contribution in [0.5, 0.6) is 11.5 Å². The number of nitrogens with one attached hydrogen (secondary N) is 1. The summed E-state index contributed by atoms with van der Waals surface area (Å²) in [4.78, 5) is 13.8. The van der Waals surface area contributed by atoms with E-state index >= 15 is 0 Å². The third-order valence-electron chi connectivity index (χ3n) is 3.65. The van der Waals surface area contributed by atoms with Gasteiger partial charge in [0, 0.05) is 11.1 Å². The number of rotatable bonds is 3. The third kappa shape index (κ3) is 2.92. The molecule has 0 radical (unpaired) electrons. The van der Waals surface area contributed by atoms with Crippen LogP contribution in [0.1, 0.15) is 17.2 Å². The fourth-order valence-electron chi connectivity index (χ4n) is 2.63. The van der Waals surface area contributed by atoms with Gasteiger partial charge in [0.1, 0.15) is 23.1 Å². The number of methoxy groups -OCH3 is 2. The van der Waals surface area contributed by atoms with Gasteiger partial charge in [-0.15, -0.1) is 10.2 Å². The number of aromatic nitrogens is 2. The van der Waals surface area contributed by atoms with Crippen LogP contribution in [0.25, 0.3) is 0 Å². The molecule has 2 N–H and O–H groups in total. The molecule has 0 saturated carbocycles. The summed E-state index contributed by atoms with van der Waals surface area (Å²) < 4.78 is 10.7. The number of urea groups is 1. The second-order valence-corrected chi connectivity index (χ2v) is 5.77. The van der Waals surface area contributed by atoms with Crippen molar-refractivity contribution in [2.75, 3.05) is 26.1 Å². The molecule has 9 heteroatoms. The normalized spacial score (nSPS) is 16.7. The van der Waals surface area contributed by atoms with Crippen molar-refractivity contribution in [3.05, 3.63) is 28.8 Å². The first-order valence-electron chi connectivity index (χ1n) is 6.88. The average molecular weight is 336 g/mol. The highest BCUT2D eigenvalue weighted by Gasteiger charge is 2.32. The smallest absolute Gasteiger partial charge is 0.324 e. The average Bonchev–Trinajstić information content (AvgIpc) is 3.06. The van der Waals surface area contributed by atoms with Crippen LogP contribution in [0, 0.1) is 0 Å². The van der Waals surface area contributed by atoms with Gasteiger partial charge < -0.3 is 19.5 Å². The quantitative estimate of drug-likeness (QED) is 0.884. The van der Waals surface area contributed by atoms with Crippen molar-refractivity contribution in [3.63, 3.8) is 0 Å². The largest absolute Gasteiger partial charge is 0.496 e. The molecule has 0 saturated heterocycles. The fourth-order valence-corrected chi connectivity index (χ4v) is 3.06. The number of β-amino-alcohol motifs (C(OH)–C–C–N with tert-alkyl or cyclic N) is 1. The number of anilines is 1. The third-order valence-corrected chi connectivity index (χ3v) is 4.26. The summed E-state index contributed by atoms with van der Waals surface area (Å²) in [6, 6.07) is 3.16. The van der Waals surface area contributed by atoms with Gasteiger partial charge in [-0.3, -0.25) is 5.32 Å². The molecule has 0 fully saturated rings. The minimum Gasteiger partial charge on any atom is -0.496 e. The Labute approximate surface area is 136 Å². The lowest BCUT2D eigenvalue weighted by Gasteiger charge is -2.33. The minimum atomic E-state index is -0.857. The molecule has 3 rings (SSSR count). The summed E-state index contributed by atoms with van der Waals surface area (Å²) in [5, 5.41) is 21.0. The van der Waals surface area contributed by atoms with Gasteiger partial charge in [-0.25, -0.2) is 4.79 Å². The molecule has 2 aromatic rings. The molecule has 0 unspecified atom stereocenters. The Morgan fingerprint density at radius 2 is 2.13 bits per heavy atom. The second-order valence-electron chi connectivity index (χ2n) is 4.93. The lowest BCUT2D eigenvalue weighted by molar-refractivity contribution is 0.105. The monoisotopic (exact) mass is 336 g/mol. The molecule has 2 heterocycles. The molecule has 1 aromatic heterocycles. The Kier molecular flexibility index (Phi) is 4.30. The van der Waals surface area contributed by atoms with E-state index in [0.717, 1.165) is 5.56 Å². The molecule has 0 aliphatic carbocycles. The van der Waals surface area contributed by atoms with Gasteiger partial charge >= 0.3 is 6.03 Å². The summed E-state index contributed by atoms with van der Waals surface area (Å²) in [7, 11) is 3.10. The first kappa shape index (κ1) is 15.5. The Morgan fingerprint density at radius 1 is 1.39 bits per heavy atom. The van der Waals surface area contributed by atoms with E-state index in [-0.39, 0.29) is 12.6 Å². The number of benzene rings is 1. The molecule has 1 atom stereocenters. The maximum absolute atomic E-state index is 12.3. The van der Waals surface area contributed by atoms with E-state index < -0.39 is 6.10 Å². The summed E-state index contributed by atoms with van der Waals surface area (Å²) in [5.41, 5.74) is 2.92. The van der Waals surface area contributed by atoms with Gasteiger partial charge in [0.05, 0.1) is 27.3 Å². The molecule has 0 bridgehead atoms. The molecular weight excluding hydrogens is 320 g/mol. The van der Waals surface area contributed by atoms with Crippen LogP contribution in [0.2, 0.25) is 0 Å². The number of aliphatic hydroxyl groups is 1. The van der Waals surface area contributed by atoms with Crippen LogP contribution in [0.15, 0.2) is 17.6 Å². The number of carbonyl (C=O) groups excluding carboxylic acids is 1. The lowest BCUT2D eigenvalue weighted by atomic mass is 9.95. The van der Waals surface area contributed by atoms with Gasteiger partial charge in [0.15, 0.2) is 0 Å². The highest BCUT2D eigenvalue weighted by molar-refractivity contribution is 7.13. The molecule has 122 valence electrons. The number of ether oxygens (including phenoxy) is 2. The van der Waals surface area contributed by atoms with Crippen LogP contribution in [0.4, 0.5) is 9.93 Å². The first-order valence-corrected chi connectivity index (χ1v) is 7.76.